The van der Waals surface area contributed by atoms with E-state index in [1.807, 2.05) is 0 Å². The molecule has 0 radical (unpaired) electrons. The van der Waals surface area contributed by atoms with E-state index in [9.17, 15) is 28.3 Å². The molecule has 1 aliphatic heterocycles. The van der Waals surface area contributed by atoms with Crippen LogP contribution < -0.4 is 29.6 Å². The number of rotatable bonds is 14. The van der Waals surface area contributed by atoms with Gasteiger partial charge in [0.1, 0.15) is 24.4 Å². The van der Waals surface area contributed by atoms with E-state index in [0.29, 0.717) is 6.61 Å². The topological polar surface area (TPSA) is 177 Å². The Kier molecular flexibility index (Phi) is 21.9. The smallest absolute Gasteiger partial charge is 0.748 e. The van der Waals surface area contributed by atoms with Crippen LogP contribution in [0, 0.1) is 0 Å². The summed E-state index contributed by atoms with van der Waals surface area (Å²) in [6.07, 6.45) is 3.61. The molecule has 1 rings (SSSR count). The fourth-order valence-electron chi connectivity index (χ4n) is 2.88. The van der Waals surface area contributed by atoms with Crippen LogP contribution in [0.15, 0.2) is 0 Å². The minimum Gasteiger partial charge on any atom is -0.748 e. The van der Waals surface area contributed by atoms with E-state index in [-0.39, 0.29) is 42.6 Å². The van der Waals surface area contributed by atoms with Gasteiger partial charge in [-0.25, -0.2) is 8.42 Å². The zero-order chi connectivity index (χ0) is 23.0. The standard InChI is InChI=1S/C16H32O6.C3H8O4S.Na/c1-2-3-4-5-6-7-8-9-10-21-16-15(20)14(19)13(18)12(11-17)22-16;4-2-1-3-8(5,6)7;/h12-20H,2-11H2,1H3;4H,1-3H2,(H,5,6,7);/q;;+1/p-1/t12-,13-,14+,15-,16?;;/m1../s1. The van der Waals surface area contributed by atoms with Gasteiger partial charge < -0.3 is 39.6 Å². The van der Waals surface area contributed by atoms with Crippen molar-refractivity contribution in [1.29, 1.82) is 0 Å². The van der Waals surface area contributed by atoms with Gasteiger partial charge in [0.15, 0.2) is 6.29 Å². The quantitative estimate of drug-likeness (QED) is 0.0966. The van der Waals surface area contributed by atoms with Crippen LogP contribution in [-0.4, -0.2) is 94.8 Å². The molecule has 0 aromatic heterocycles. The summed E-state index contributed by atoms with van der Waals surface area (Å²) < 4.78 is 39.9. The maximum Gasteiger partial charge on any atom is 1.00 e. The Labute approximate surface area is 208 Å². The third-order valence-electron chi connectivity index (χ3n) is 4.68. The summed E-state index contributed by atoms with van der Waals surface area (Å²) in [5.41, 5.74) is 0. The molecule has 5 atom stereocenters. The first-order chi connectivity index (χ1) is 14.2. The van der Waals surface area contributed by atoms with Crippen molar-refractivity contribution in [1.82, 2.24) is 0 Å². The molecule has 0 aliphatic carbocycles. The number of ether oxygens (including phenoxy) is 2. The first-order valence-corrected chi connectivity index (χ1v) is 12.2. The molecule has 1 aliphatic rings. The zero-order valence-corrected chi connectivity index (χ0v) is 21.6. The summed E-state index contributed by atoms with van der Waals surface area (Å²) >= 11 is 0. The Morgan fingerprint density at radius 1 is 0.871 bits per heavy atom. The van der Waals surface area contributed by atoms with Crippen LogP contribution in [0.3, 0.4) is 0 Å². The second-order valence-electron chi connectivity index (χ2n) is 7.38. The van der Waals surface area contributed by atoms with E-state index in [1.165, 1.54) is 38.5 Å². The van der Waals surface area contributed by atoms with E-state index >= 15 is 0 Å². The number of hydrogen-bond acceptors (Lipinski definition) is 10. The van der Waals surface area contributed by atoms with Crippen molar-refractivity contribution in [3.8, 4) is 0 Å². The van der Waals surface area contributed by atoms with Crippen LogP contribution >= 0.6 is 0 Å². The van der Waals surface area contributed by atoms with Crippen molar-refractivity contribution < 1.29 is 77.5 Å². The van der Waals surface area contributed by atoms with Crippen LogP contribution in [0.1, 0.15) is 64.7 Å². The van der Waals surface area contributed by atoms with Crippen molar-refractivity contribution in [2.24, 2.45) is 0 Å². The fourth-order valence-corrected chi connectivity index (χ4v) is 3.36. The molecule has 1 unspecified atom stereocenters. The van der Waals surface area contributed by atoms with Gasteiger partial charge in [0.2, 0.25) is 0 Å². The van der Waals surface area contributed by atoms with Crippen molar-refractivity contribution in [2.75, 3.05) is 25.6 Å². The van der Waals surface area contributed by atoms with E-state index in [4.69, 9.17) is 19.7 Å². The van der Waals surface area contributed by atoms with Gasteiger partial charge in [-0.3, -0.25) is 0 Å². The minimum absolute atomic E-state index is 0. The Morgan fingerprint density at radius 2 is 1.42 bits per heavy atom. The van der Waals surface area contributed by atoms with E-state index in [2.05, 4.69) is 6.92 Å². The molecular formula is C19H39NaO10S. The van der Waals surface area contributed by atoms with Gasteiger partial charge >= 0.3 is 29.6 Å². The number of aliphatic hydroxyl groups excluding tert-OH is 5. The van der Waals surface area contributed by atoms with Crippen LogP contribution in [0.25, 0.3) is 0 Å². The maximum absolute atomic E-state index is 9.80. The van der Waals surface area contributed by atoms with Crippen molar-refractivity contribution in [3.63, 3.8) is 0 Å². The summed E-state index contributed by atoms with van der Waals surface area (Å²) in [5, 5.41) is 46.2. The second kappa shape index (κ2) is 20.0. The van der Waals surface area contributed by atoms with E-state index in [0.717, 1.165) is 12.8 Å². The predicted molar refractivity (Wildman–Crippen MR) is 109 cm³/mol. The van der Waals surface area contributed by atoms with E-state index < -0.39 is 53.2 Å². The molecule has 0 spiro atoms. The Hall–Kier alpha value is 0.630. The van der Waals surface area contributed by atoms with Crippen molar-refractivity contribution in [3.05, 3.63) is 0 Å². The summed E-state index contributed by atoms with van der Waals surface area (Å²) in [6, 6.07) is 0. The Bertz CT molecular complexity index is 506. The molecule has 1 heterocycles. The predicted octanol–water partition coefficient (Wildman–Crippen LogP) is -3.14. The third-order valence-corrected chi connectivity index (χ3v) is 5.47. The Balaban J connectivity index is 0. The molecule has 0 aromatic carbocycles. The summed E-state index contributed by atoms with van der Waals surface area (Å²) in [7, 11) is -4.10. The number of aliphatic hydroxyl groups is 5. The van der Waals surface area contributed by atoms with Crippen LogP contribution in [-0.2, 0) is 19.6 Å². The first kappa shape index (κ1) is 33.8. The molecular weight excluding hydrogens is 443 g/mol. The SMILES string of the molecule is CCCCCCCCCCOC1O[C@H](CO)[C@@H](O)[C@H](O)[C@H]1O.O=S(=O)([O-])CCCO.[Na+]. The molecule has 10 nitrogen and oxygen atoms in total. The normalized spacial score (nSPS) is 26.0. The van der Waals surface area contributed by atoms with Gasteiger partial charge in [-0.05, 0) is 12.8 Å². The molecule has 1 fully saturated rings. The molecule has 0 amide bonds. The second-order valence-corrected chi connectivity index (χ2v) is 8.91. The Morgan fingerprint density at radius 3 is 1.87 bits per heavy atom. The van der Waals surface area contributed by atoms with Gasteiger partial charge in [0.25, 0.3) is 0 Å². The average molecular weight is 483 g/mol. The van der Waals surface area contributed by atoms with E-state index in [1.54, 1.807) is 0 Å². The molecule has 0 aromatic rings. The van der Waals surface area contributed by atoms with Gasteiger partial charge in [-0.1, -0.05) is 51.9 Å². The minimum atomic E-state index is -4.10. The first-order valence-electron chi connectivity index (χ1n) is 10.6. The molecule has 1 saturated heterocycles. The van der Waals surface area contributed by atoms with Crippen LogP contribution in [0.5, 0.6) is 0 Å². The molecule has 31 heavy (non-hydrogen) atoms. The molecule has 12 heteroatoms. The van der Waals surface area contributed by atoms with Crippen LogP contribution in [0.2, 0.25) is 0 Å². The monoisotopic (exact) mass is 482 g/mol. The van der Waals surface area contributed by atoms with Gasteiger partial charge in [-0.2, -0.15) is 0 Å². The molecule has 182 valence electrons. The average Bonchev–Trinajstić information content (AvgIpc) is 2.70. The third kappa shape index (κ3) is 16.8. The number of unbranched alkanes of at least 4 members (excludes halogenated alkanes) is 7. The van der Waals surface area contributed by atoms with Crippen LogP contribution in [0.4, 0.5) is 0 Å². The number of hydrogen-bond donors (Lipinski definition) is 5. The van der Waals surface area contributed by atoms with Crippen molar-refractivity contribution in [2.45, 2.75) is 95.4 Å². The summed E-state index contributed by atoms with van der Waals surface area (Å²) in [6.45, 7) is 1.96. The van der Waals surface area contributed by atoms with Gasteiger partial charge in [-0.15, -0.1) is 0 Å². The molecule has 5 N–H and O–H groups in total. The van der Waals surface area contributed by atoms with Gasteiger partial charge in [0.05, 0.1) is 16.7 Å². The zero-order valence-electron chi connectivity index (χ0n) is 18.8. The summed E-state index contributed by atoms with van der Waals surface area (Å²) in [5.74, 6) is -0.469. The maximum atomic E-state index is 9.80. The largest absolute Gasteiger partial charge is 1.00 e. The summed E-state index contributed by atoms with van der Waals surface area (Å²) in [4.78, 5) is 0. The fraction of sp³-hybridized carbons (Fsp3) is 1.00. The van der Waals surface area contributed by atoms with Crippen molar-refractivity contribution >= 4 is 10.1 Å². The molecule has 0 saturated carbocycles. The van der Waals surface area contributed by atoms with Gasteiger partial charge in [0, 0.05) is 19.0 Å². The molecule has 0 bridgehead atoms.